The molecular weight excluding hydrogens is 432 g/mol. The number of aliphatic hydroxyl groups excluding tert-OH is 1. The fourth-order valence-electron chi connectivity index (χ4n) is 9.62. The van der Waals surface area contributed by atoms with Crippen molar-refractivity contribution in [1.82, 2.24) is 0 Å². The number of cyclic esters (lactones) is 1. The van der Waals surface area contributed by atoms with Gasteiger partial charge in [0.2, 0.25) is 0 Å². The third-order valence-electron chi connectivity index (χ3n) is 11.5. The molecule has 4 aliphatic carbocycles. The van der Waals surface area contributed by atoms with E-state index in [2.05, 4.69) is 20.8 Å². The summed E-state index contributed by atoms with van der Waals surface area (Å²) in [5.41, 5.74) is -0.263. The van der Waals surface area contributed by atoms with Gasteiger partial charge in [0.25, 0.3) is 0 Å². The van der Waals surface area contributed by atoms with Crippen LogP contribution in [0.3, 0.4) is 0 Å². The van der Waals surface area contributed by atoms with E-state index in [0.717, 1.165) is 37.7 Å². The molecule has 0 aromatic heterocycles. The Hall–Kier alpha value is -1.79. The summed E-state index contributed by atoms with van der Waals surface area (Å²) < 4.78 is 12.0. The van der Waals surface area contributed by atoms with E-state index in [0.29, 0.717) is 30.5 Å². The summed E-state index contributed by atoms with van der Waals surface area (Å²) in [6.07, 6.45) is 8.63. The number of esters is 1. The molecule has 6 heteroatoms. The van der Waals surface area contributed by atoms with Crippen LogP contribution >= 0.6 is 0 Å². The number of ketones is 1. The monoisotopic (exact) mass is 468 g/mol. The first-order valence-corrected chi connectivity index (χ1v) is 13.0. The van der Waals surface area contributed by atoms with Crippen molar-refractivity contribution in [2.75, 3.05) is 0 Å². The first-order chi connectivity index (χ1) is 16.1. The molecule has 6 nitrogen and oxygen atoms in total. The van der Waals surface area contributed by atoms with E-state index in [9.17, 15) is 19.5 Å². The summed E-state index contributed by atoms with van der Waals surface area (Å²) in [6, 6.07) is 0. The molecule has 2 aliphatic heterocycles. The van der Waals surface area contributed by atoms with Gasteiger partial charge in [0.05, 0.1) is 17.1 Å². The van der Waals surface area contributed by atoms with Crippen LogP contribution < -0.4 is 0 Å². The van der Waals surface area contributed by atoms with E-state index in [1.807, 2.05) is 6.92 Å². The van der Waals surface area contributed by atoms with Crippen LogP contribution in [0, 0.1) is 40.4 Å². The minimum atomic E-state index is -0.727. The van der Waals surface area contributed by atoms with Crippen molar-refractivity contribution < 1.29 is 29.0 Å². The van der Waals surface area contributed by atoms with E-state index in [1.54, 1.807) is 12.2 Å². The van der Waals surface area contributed by atoms with Gasteiger partial charge in [-0.15, -0.1) is 0 Å². The highest BCUT2D eigenvalue weighted by molar-refractivity contribution is 6.08. The maximum Gasteiger partial charge on any atom is 0.341 e. The van der Waals surface area contributed by atoms with Crippen molar-refractivity contribution in [3.63, 3.8) is 0 Å². The maximum absolute atomic E-state index is 13.3. The summed E-state index contributed by atoms with van der Waals surface area (Å²) in [4.78, 5) is 37.0. The second kappa shape index (κ2) is 7.13. The lowest BCUT2D eigenvalue weighted by Crippen LogP contribution is -2.63. The second-order valence-corrected chi connectivity index (χ2v) is 12.4. The molecule has 0 bridgehead atoms. The lowest BCUT2D eigenvalue weighted by molar-refractivity contribution is -0.155. The van der Waals surface area contributed by atoms with Crippen LogP contribution in [0.25, 0.3) is 0 Å². The number of ether oxygens (including phenoxy) is 2. The standard InChI is InChI=1S/C28H36O6/c1-14-11-21(33-25(32)17(14)13-29)15(2)18-5-6-19-16-12-24-28(34-24)23(31)8-7-22(30)27(28,4)20(16)9-10-26(18,19)3/h7-8,13,15-16,18-21,23-24,31H,5-6,9-12H2,1-4H3. The molecule has 3 saturated carbocycles. The number of hydrogen-bond acceptors (Lipinski definition) is 6. The van der Waals surface area contributed by atoms with Gasteiger partial charge in [-0.25, -0.2) is 4.79 Å². The van der Waals surface area contributed by atoms with Gasteiger partial charge in [0, 0.05) is 6.42 Å². The summed E-state index contributed by atoms with van der Waals surface area (Å²) >= 11 is 0. The number of carbonyl (C=O) groups is 3. The molecule has 0 aromatic carbocycles. The first-order valence-electron chi connectivity index (χ1n) is 13.0. The smallest absolute Gasteiger partial charge is 0.341 e. The van der Waals surface area contributed by atoms with Crippen LogP contribution in [0.15, 0.2) is 23.3 Å². The van der Waals surface area contributed by atoms with Crippen LogP contribution in [0.4, 0.5) is 0 Å². The maximum atomic E-state index is 13.3. The van der Waals surface area contributed by atoms with Crippen molar-refractivity contribution in [2.45, 2.75) is 90.1 Å². The van der Waals surface area contributed by atoms with E-state index < -0.39 is 23.1 Å². The Morgan fingerprint density at radius 2 is 1.94 bits per heavy atom. The average molecular weight is 469 g/mol. The zero-order chi connectivity index (χ0) is 24.2. The highest BCUT2D eigenvalue weighted by Gasteiger charge is 2.80. The zero-order valence-corrected chi connectivity index (χ0v) is 20.6. The van der Waals surface area contributed by atoms with E-state index >= 15 is 0 Å². The number of hydrogen-bond donors (Lipinski definition) is 1. The second-order valence-electron chi connectivity index (χ2n) is 12.4. The van der Waals surface area contributed by atoms with Gasteiger partial charge in [-0.3, -0.25) is 9.59 Å². The fourth-order valence-corrected chi connectivity index (χ4v) is 9.62. The largest absolute Gasteiger partial charge is 0.458 e. The number of aliphatic hydroxyl groups is 1. The van der Waals surface area contributed by atoms with Crippen LogP contribution in [0.1, 0.15) is 66.2 Å². The number of allylic oxidation sites excluding steroid dienone is 1. The van der Waals surface area contributed by atoms with Gasteiger partial charge in [-0.05, 0) is 93.1 Å². The molecule has 11 unspecified atom stereocenters. The Bertz CT molecular complexity index is 1030. The SMILES string of the molecule is CC1=C(C=O)C(=O)OC(C(C)C2CCC3C4CC5OC56C(O)C=CC(=O)C6(C)C4CCC23C)C1. The quantitative estimate of drug-likeness (QED) is 0.295. The Kier molecular flexibility index (Phi) is 4.75. The van der Waals surface area contributed by atoms with Gasteiger partial charge in [0.1, 0.15) is 17.8 Å². The average Bonchev–Trinajstić information content (AvgIpc) is 3.43. The Balaban J connectivity index is 1.27. The van der Waals surface area contributed by atoms with Gasteiger partial charge in [-0.1, -0.05) is 19.4 Å². The van der Waals surface area contributed by atoms with E-state index in [1.165, 1.54) is 0 Å². The van der Waals surface area contributed by atoms with Crippen molar-refractivity contribution >= 4 is 18.0 Å². The molecule has 6 rings (SSSR count). The summed E-state index contributed by atoms with van der Waals surface area (Å²) in [6.45, 7) is 8.55. The molecule has 34 heavy (non-hydrogen) atoms. The molecule has 0 amide bonds. The Labute approximate surface area is 201 Å². The number of epoxide rings is 1. The lowest BCUT2D eigenvalue weighted by Gasteiger charge is -2.58. The normalized spacial score (nSPS) is 52.2. The van der Waals surface area contributed by atoms with Crippen molar-refractivity contribution in [3.05, 3.63) is 23.3 Å². The summed E-state index contributed by atoms with van der Waals surface area (Å²) in [5.74, 6) is 1.38. The number of carbonyl (C=O) groups excluding carboxylic acids is 3. The Morgan fingerprint density at radius 1 is 1.18 bits per heavy atom. The van der Waals surface area contributed by atoms with Gasteiger partial charge in [0.15, 0.2) is 12.1 Å². The summed E-state index contributed by atoms with van der Waals surface area (Å²) in [7, 11) is 0. The number of fused-ring (bicyclic) bond motifs is 4. The molecule has 6 aliphatic rings. The van der Waals surface area contributed by atoms with Gasteiger partial charge >= 0.3 is 5.97 Å². The molecule has 1 N–H and O–H groups in total. The first kappa shape index (κ1) is 22.7. The third-order valence-corrected chi connectivity index (χ3v) is 11.5. The predicted molar refractivity (Wildman–Crippen MR) is 123 cm³/mol. The van der Waals surface area contributed by atoms with Crippen LogP contribution in [-0.4, -0.2) is 47.1 Å². The van der Waals surface area contributed by atoms with Crippen molar-refractivity contribution in [2.24, 2.45) is 40.4 Å². The molecule has 1 spiro atoms. The number of aldehydes is 1. The van der Waals surface area contributed by atoms with Crippen LogP contribution in [0.2, 0.25) is 0 Å². The number of rotatable bonds is 3. The molecular formula is C28H36O6. The summed E-state index contributed by atoms with van der Waals surface area (Å²) in [5, 5.41) is 10.8. The van der Waals surface area contributed by atoms with Crippen LogP contribution in [0.5, 0.6) is 0 Å². The highest BCUT2D eigenvalue weighted by Crippen LogP contribution is 2.73. The molecule has 4 fully saturated rings. The van der Waals surface area contributed by atoms with Crippen molar-refractivity contribution in [3.8, 4) is 0 Å². The molecule has 184 valence electrons. The third kappa shape index (κ3) is 2.57. The molecule has 1 saturated heterocycles. The minimum Gasteiger partial charge on any atom is -0.458 e. The fraction of sp³-hybridized carbons (Fsp3) is 0.750. The highest BCUT2D eigenvalue weighted by atomic mass is 16.6. The van der Waals surface area contributed by atoms with Gasteiger partial charge in [-0.2, -0.15) is 0 Å². The van der Waals surface area contributed by atoms with E-state index in [4.69, 9.17) is 9.47 Å². The molecule has 0 aromatic rings. The van der Waals surface area contributed by atoms with Crippen LogP contribution in [-0.2, 0) is 23.9 Å². The topological polar surface area (TPSA) is 93.2 Å². The zero-order valence-electron chi connectivity index (χ0n) is 20.6. The predicted octanol–water partition coefficient (Wildman–Crippen LogP) is 3.56. The minimum absolute atomic E-state index is 0.0460. The van der Waals surface area contributed by atoms with E-state index in [-0.39, 0.29) is 40.8 Å². The molecule has 2 heterocycles. The molecule has 0 radical (unpaired) electrons. The Morgan fingerprint density at radius 3 is 2.65 bits per heavy atom. The van der Waals surface area contributed by atoms with Gasteiger partial charge < -0.3 is 14.6 Å². The van der Waals surface area contributed by atoms with Crippen molar-refractivity contribution in [1.29, 1.82) is 0 Å². The molecule has 11 atom stereocenters. The lowest BCUT2D eigenvalue weighted by atomic mass is 9.44.